The summed E-state index contributed by atoms with van der Waals surface area (Å²) in [4.78, 5) is 0. The third-order valence-electron chi connectivity index (χ3n) is 3.96. The quantitative estimate of drug-likeness (QED) is 0.807. The molecule has 0 aliphatic carbocycles. The van der Waals surface area contributed by atoms with E-state index in [4.69, 9.17) is 14.7 Å². The van der Waals surface area contributed by atoms with Gasteiger partial charge in [0.15, 0.2) is 11.6 Å². The van der Waals surface area contributed by atoms with Gasteiger partial charge in [0.2, 0.25) is 0 Å². The number of nitrogens with one attached hydrogen (secondary N) is 1. The number of halogens is 1. The normalized spacial score (nSPS) is 11.6. The molecular weight excluding hydrogens is 323 g/mol. The summed E-state index contributed by atoms with van der Waals surface area (Å²) in [6, 6.07) is 10.5. The molecule has 0 fully saturated rings. The molecule has 6 heteroatoms. The van der Waals surface area contributed by atoms with Gasteiger partial charge in [-0.2, -0.15) is 5.26 Å². The molecule has 0 amide bonds. The molecular formula is C19H21FN2O3. The molecule has 0 aliphatic heterocycles. The molecule has 1 atom stereocenters. The van der Waals surface area contributed by atoms with Gasteiger partial charge in [-0.25, -0.2) is 4.39 Å². The number of hydrogen-bond acceptors (Lipinski definition) is 5. The van der Waals surface area contributed by atoms with E-state index >= 15 is 0 Å². The molecule has 132 valence electrons. The van der Waals surface area contributed by atoms with Crippen molar-refractivity contribution in [3.05, 3.63) is 52.8 Å². The Balaban J connectivity index is 2.17. The Kier molecular flexibility index (Phi) is 6.20. The largest absolute Gasteiger partial charge is 0.508 e. The SMILES string of the molecule is COc1cc(CC(C)NCc2ccccc2O)c(OC)c(F)c1C#N. The number of ether oxygens (including phenoxy) is 2. The summed E-state index contributed by atoms with van der Waals surface area (Å²) in [5.74, 6) is -0.254. The van der Waals surface area contributed by atoms with Crippen LogP contribution in [0, 0.1) is 17.1 Å². The molecule has 2 N–H and O–H groups in total. The number of rotatable bonds is 7. The molecule has 2 aromatic rings. The van der Waals surface area contributed by atoms with Crippen molar-refractivity contribution in [1.29, 1.82) is 5.26 Å². The van der Waals surface area contributed by atoms with E-state index in [9.17, 15) is 9.50 Å². The number of para-hydroxylation sites is 1. The molecule has 0 saturated heterocycles. The summed E-state index contributed by atoms with van der Waals surface area (Å²) >= 11 is 0. The predicted molar refractivity (Wildman–Crippen MR) is 92.3 cm³/mol. The molecule has 0 heterocycles. The van der Waals surface area contributed by atoms with E-state index in [0.717, 1.165) is 5.56 Å². The van der Waals surface area contributed by atoms with Crippen molar-refractivity contribution in [2.24, 2.45) is 0 Å². The van der Waals surface area contributed by atoms with Crippen molar-refractivity contribution >= 4 is 0 Å². The van der Waals surface area contributed by atoms with Gasteiger partial charge in [-0.15, -0.1) is 0 Å². The monoisotopic (exact) mass is 344 g/mol. The van der Waals surface area contributed by atoms with Crippen LogP contribution in [-0.4, -0.2) is 25.4 Å². The topological polar surface area (TPSA) is 74.5 Å². The second-order valence-electron chi connectivity index (χ2n) is 5.69. The molecule has 25 heavy (non-hydrogen) atoms. The van der Waals surface area contributed by atoms with Gasteiger partial charge in [-0.1, -0.05) is 18.2 Å². The lowest BCUT2D eigenvalue weighted by molar-refractivity contribution is 0.368. The fraction of sp³-hybridized carbons (Fsp3) is 0.316. The highest BCUT2D eigenvalue weighted by atomic mass is 19.1. The number of phenols is 1. The minimum Gasteiger partial charge on any atom is -0.508 e. The number of methoxy groups -OCH3 is 2. The summed E-state index contributed by atoms with van der Waals surface area (Å²) in [7, 11) is 2.77. The van der Waals surface area contributed by atoms with E-state index in [1.165, 1.54) is 14.2 Å². The van der Waals surface area contributed by atoms with E-state index in [2.05, 4.69) is 5.32 Å². The third-order valence-corrected chi connectivity index (χ3v) is 3.96. The first-order chi connectivity index (χ1) is 12.0. The number of aromatic hydroxyl groups is 1. The van der Waals surface area contributed by atoms with Gasteiger partial charge in [-0.3, -0.25) is 0 Å². The molecule has 1 unspecified atom stereocenters. The minimum atomic E-state index is -0.716. The van der Waals surface area contributed by atoms with Crippen molar-refractivity contribution in [3.8, 4) is 23.3 Å². The van der Waals surface area contributed by atoms with Crippen LogP contribution in [0.4, 0.5) is 4.39 Å². The maximum Gasteiger partial charge on any atom is 0.186 e. The molecule has 0 spiro atoms. The average Bonchev–Trinajstić information content (AvgIpc) is 2.60. The van der Waals surface area contributed by atoms with Crippen LogP contribution in [0.25, 0.3) is 0 Å². The Hall–Kier alpha value is -2.78. The Bertz CT molecular complexity index is 787. The highest BCUT2D eigenvalue weighted by Crippen LogP contribution is 2.33. The summed E-state index contributed by atoms with van der Waals surface area (Å²) < 4.78 is 24.7. The zero-order valence-electron chi connectivity index (χ0n) is 14.5. The van der Waals surface area contributed by atoms with Crippen molar-refractivity contribution in [3.63, 3.8) is 0 Å². The first-order valence-electron chi connectivity index (χ1n) is 7.85. The first kappa shape index (κ1) is 18.6. The number of phenolic OH excluding ortho intramolecular Hbond substituents is 1. The van der Waals surface area contributed by atoms with Crippen LogP contribution >= 0.6 is 0 Å². The number of nitriles is 1. The van der Waals surface area contributed by atoms with Crippen LogP contribution in [0.1, 0.15) is 23.6 Å². The summed E-state index contributed by atoms with van der Waals surface area (Å²) in [5, 5.41) is 22.2. The molecule has 2 aromatic carbocycles. The van der Waals surface area contributed by atoms with Gasteiger partial charge in [0.05, 0.1) is 14.2 Å². The van der Waals surface area contributed by atoms with Gasteiger partial charge >= 0.3 is 0 Å². The van der Waals surface area contributed by atoms with Crippen molar-refractivity contribution in [1.82, 2.24) is 5.32 Å². The van der Waals surface area contributed by atoms with Crippen molar-refractivity contribution in [2.75, 3.05) is 14.2 Å². The summed E-state index contributed by atoms with van der Waals surface area (Å²) in [6.07, 6.45) is 0.468. The Labute approximate surface area is 146 Å². The molecule has 0 radical (unpaired) electrons. The van der Waals surface area contributed by atoms with Crippen LogP contribution in [0.15, 0.2) is 30.3 Å². The highest BCUT2D eigenvalue weighted by molar-refractivity contribution is 5.53. The van der Waals surface area contributed by atoms with Crippen LogP contribution in [0.2, 0.25) is 0 Å². The maximum absolute atomic E-state index is 14.5. The van der Waals surface area contributed by atoms with Crippen LogP contribution in [0.3, 0.4) is 0 Å². The second kappa shape index (κ2) is 8.36. The smallest absolute Gasteiger partial charge is 0.186 e. The van der Waals surface area contributed by atoms with E-state index in [1.807, 2.05) is 19.1 Å². The molecule has 0 saturated carbocycles. The van der Waals surface area contributed by atoms with Gasteiger partial charge in [0, 0.05) is 23.7 Å². The lowest BCUT2D eigenvalue weighted by atomic mass is 10.0. The van der Waals surface area contributed by atoms with E-state index in [-0.39, 0.29) is 28.9 Å². The Morgan fingerprint density at radius 1 is 1.24 bits per heavy atom. The van der Waals surface area contributed by atoms with Crippen LogP contribution in [-0.2, 0) is 13.0 Å². The van der Waals surface area contributed by atoms with Gasteiger partial charge in [0.25, 0.3) is 0 Å². The van der Waals surface area contributed by atoms with Crippen LogP contribution < -0.4 is 14.8 Å². The fourth-order valence-corrected chi connectivity index (χ4v) is 2.64. The average molecular weight is 344 g/mol. The molecule has 2 rings (SSSR count). The maximum atomic E-state index is 14.5. The number of nitrogens with zero attached hydrogens (tertiary/aromatic N) is 1. The highest BCUT2D eigenvalue weighted by Gasteiger charge is 2.21. The van der Waals surface area contributed by atoms with Crippen molar-refractivity contribution < 1.29 is 19.0 Å². The summed E-state index contributed by atoms with van der Waals surface area (Å²) in [6.45, 7) is 2.42. The fourth-order valence-electron chi connectivity index (χ4n) is 2.64. The predicted octanol–water partition coefficient (Wildman–Crippen LogP) is 3.14. The van der Waals surface area contributed by atoms with E-state index in [1.54, 1.807) is 24.3 Å². The molecule has 5 nitrogen and oxygen atoms in total. The lowest BCUT2D eigenvalue weighted by Crippen LogP contribution is -2.28. The zero-order valence-corrected chi connectivity index (χ0v) is 14.5. The van der Waals surface area contributed by atoms with Crippen LogP contribution in [0.5, 0.6) is 17.2 Å². The standard InChI is InChI=1S/C19H21FN2O3/c1-12(22-11-13-6-4-5-7-16(13)23)8-14-9-17(24-2)15(10-21)18(20)19(14)25-3/h4-7,9,12,22-23H,8,11H2,1-3H3. The van der Waals surface area contributed by atoms with Crippen molar-refractivity contribution in [2.45, 2.75) is 25.9 Å². The van der Waals surface area contributed by atoms with E-state index < -0.39 is 5.82 Å². The minimum absolute atomic E-state index is 0.0226. The van der Waals surface area contributed by atoms with Gasteiger partial charge in [0.1, 0.15) is 23.1 Å². The number of hydrogen-bond donors (Lipinski definition) is 2. The van der Waals surface area contributed by atoms with Gasteiger partial charge < -0.3 is 19.9 Å². The number of benzene rings is 2. The van der Waals surface area contributed by atoms with E-state index in [0.29, 0.717) is 18.5 Å². The second-order valence-corrected chi connectivity index (χ2v) is 5.69. The third kappa shape index (κ3) is 4.20. The summed E-state index contributed by atoms with van der Waals surface area (Å²) in [5.41, 5.74) is 1.22. The molecule has 0 aromatic heterocycles. The van der Waals surface area contributed by atoms with Gasteiger partial charge in [-0.05, 0) is 25.5 Å². The Morgan fingerprint density at radius 2 is 1.96 bits per heavy atom. The lowest BCUT2D eigenvalue weighted by Gasteiger charge is -2.18. The zero-order chi connectivity index (χ0) is 18.4. The first-order valence-corrected chi connectivity index (χ1v) is 7.85. The molecule has 0 aliphatic rings. The Morgan fingerprint density at radius 3 is 2.56 bits per heavy atom. The molecule has 0 bridgehead atoms.